The average molecular weight is 352 g/mol. The number of carbonyl (C=O) groups excluding carboxylic acids is 2. The van der Waals surface area contributed by atoms with Gasteiger partial charge in [0.05, 0.1) is 5.69 Å². The van der Waals surface area contributed by atoms with Crippen LogP contribution >= 0.6 is 0 Å². The fourth-order valence-corrected chi connectivity index (χ4v) is 3.36. The third kappa shape index (κ3) is 3.93. The number of fused-ring (bicyclic) bond motifs is 1. The Bertz CT molecular complexity index is 878. The fraction of sp³-hybridized carbons (Fsp3) is 0.381. The standard InChI is InChI=1S/C21H24N2O3/c1-14-19(15(2)23(3)22-14)10-11-21(25)26-13-20(24)18-9-8-16-6-4-5-7-17(16)12-18/h8-12H,4-7,13H2,1-3H3/b11-10+. The lowest BCUT2D eigenvalue weighted by Gasteiger charge is -2.16. The van der Waals surface area contributed by atoms with Crippen LogP contribution in [0.25, 0.3) is 6.08 Å². The molecule has 0 N–H and O–H groups in total. The smallest absolute Gasteiger partial charge is 0.331 e. The van der Waals surface area contributed by atoms with Gasteiger partial charge in [-0.25, -0.2) is 4.79 Å². The second-order valence-corrected chi connectivity index (χ2v) is 6.76. The zero-order chi connectivity index (χ0) is 18.7. The van der Waals surface area contributed by atoms with E-state index < -0.39 is 5.97 Å². The van der Waals surface area contributed by atoms with Crippen molar-refractivity contribution >= 4 is 17.8 Å². The minimum absolute atomic E-state index is 0.172. The highest BCUT2D eigenvalue weighted by atomic mass is 16.5. The summed E-state index contributed by atoms with van der Waals surface area (Å²) in [6.45, 7) is 3.58. The van der Waals surface area contributed by atoms with Crippen molar-refractivity contribution in [3.63, 3.8) is 0 Å². The van der Waals surface area contributed by atoms with E-state index in [4.69, 9.17) is 4.74 Å². The lowest BCUT2D eigenvalue weighted by molar-refractivity contribution is -0.136. The maximum atomic E-state index is 12.3. The van der Waals surface area contributed by atoms with Crippen LogP contribution in [0.2, 0.25) is 0 Å². The van der Waals surface area contributed by atoms with Gasteiger partial charge in [-0.05, 0) is 62.8 Å². The molecule has 1 aromatic carbocycles. The molecule has 5 heteroatoms. The first-order chi connectivity index (χ1) is 12.5. The Morgan fingerprint density at radius 2 is 1.92 bits per heavy atom. The van der Waals surface area contributed by atoms with Crippen molar-refractivity contribution in [3.05, 3.63) is 57.9 Å². The number of nitrogens with zero attached hydrogens (tertiary/aromatic N) is 2. The van der Waals surface area contributed by atoms with Gasteiger partial charge in [-0.1, -0.05) is 12.1 Å². The third-order valence-electron chi connectivity index (χ3n) is 4.97. The first kappa shape index (κ1) is 18.1. The van der Waals surface area contributed by atoms with Gasteiger partial charge in [0.2, 0.25) is 0 Å². The molecule has 5 nitrogen and oxygen atoms in total. The van der Waals surface area contributed by atoms with Gasteiger partial charge in [0.15, 0.2) is 12.4 Å². The predicted octanol–water partition coefficient (Wildman–Crippen LogP) is 3.36. The summed E-state index contributed by atoms with van der Waals surface area (Å²) >= 11 is 0. The summed E-state index contributed by atoms with van der Waals surface area (Å²) in [6.07, 6.45) is 7.50. The number of ketones is 1. The molecule has 0 radical (unpaired) electrons. The molecule has 0 amide bonds. The molecule has 0 fully saturated rings. The molecule has 0 saturated carbocycles. The molecular weight excluding hydrogens is 328 g/mol. The number of hydrogen-bond donors (Lipinski definition) is 0. The molecule has 0 aliphatic heterocycles. The van der Waals surface area contributed by atoms with Crippen LogP contribution in [0.1, 0.15) is 51.3 Å². The first-order valence-electron chi connectivity index (χ1n) is 8.95. The SMILES string of the molecule is Cc1nn(C)c(C)c1/C=C/C(=O)OCC(=O)c1ccc2c(c1)CCCC2. The molecule has 2 aromatic rings. The highest BCUT2D eigenvalue weighted by Crippen LogP contribution is 2.22. The van der Waals surface area contributed by atoms with Gasteiger partial charge in [0, 0.05) is 29.9 Å². The number of ether oxygens (including phenoxy) is 1. The van der Waals surface area contributed by atoms with Gasteiger partial charge < -0.3 is 4.74 Å². The van der Waals surface area contributed by atoms with Crippen molar-refractivity contribution in [3.8, 4) is 0 Å². The van der Waals surface area contributed by atoms with E-state index in [1.54, 1.807) is 10.8 Å². The Kier molecular flexibility index (Phi) is 5.35. The van der Waals surface area contributed by atoms with Crippen LogP contribution in [-0.4, -0.2) is 28.1 Å². The van der Waals surface area contributed by atoms with Crippen molar-refractivity contribution in [1.29, 1.82) is 0 Å². The predicted molar refractivity (Wildman–Crippen MR) is 100 cm³/mol. The van der Waals surface area contributed by atoms with Gasteiger partial charge in [-0.3, -0.25) is 9.48 Å². The molecule has 0 saturated heterocycles. The lowest BCUT2D eigenvalue weighted by atomic mass is 9.90. The van der Waals surface area contributed by atoms with E-state index in [9.17, 15) is 9.59 Å². The van der Waals surface area contributed by atoms with Crippen LogP contribution in [0.5, 0.6) is 0 Å². The molecule has 0 unspecified atom stereocenters. The van der Waals surface area contributed by atoms with Crippen molar-refractivity contribution in [2.45, 2.75) is 39.5 Å². The summed E-state index contributed by atoms with van der Waals surface area (Å²) < 4.78 is 6.87. The molecule has 1 aliphatic rings. The molecule has 1 heterocycles. The van der Waals surface area contributed by atoms with Gasteiger partial charge in [-0.15, -0.1) is 0 Å². The van der Waals surface area contributed by atoms with E-state index in [-0.39, 0.29) is 12.4 Å². The topological polar surface area (TPSA) is 61.2 Å². The van der Waals surface area contributed by atoms with Crippen LogP contribution in [0.15, 0.2) is 24.3 Å². The summed E-state index contributed by atoms with van der Waals surface area (Å²) in [4.78, 5) is 24.2. The molecule has 1 aromatic heterocycles. The molecule has 0 atom stereocenters. The van der Waals surface area contributed by atoms with E-state index in [1.807, 2.05) is 39.1 Å². The zero-order valence-electron chi connectivity index (χ0n) is 15.5. The molecule has 26 heavy (non-hydrogen) atoms. The Morgan fingerprint density at radius 3 is 2.62 bits per heavy atom. The molecule has 3 rings (SSSR count). The van der Waals surface area contributed by atoms with Gasteiger partial charge in [0.1, 0.15) is 0 Å². The van der Waals surface area contributed by atoms with E-state index in [0.717, 1.165) is 36.2 Å². The fourth-order valence-electron chi connectivity index (χ4n) is 3.36. The van der Waals surface area contributed by atoms with E-state index in [2.05, 4.69) is 5.10 Å². The van der Waals surface area contributed by atoms with Crippen LogP contribution in [0.4, 0.5) is 0 Å². The highest BCUT2D eigenvalue weighted by Gasteiger charge is 2.14. The minimum atomic E-state index is -0.529. The Labute approximate surface area is 153 Å². The Balaban J connectivity index is 1.59. The maximum Gasteiger partial charge on any atom is 0.331 e. The molecule has 0 bridgehead atoms. The minimum Gasteiger partial charge on any atom is -0.454 e. The lowest BCUT2D eigenvalue weighted by Crippen LogP contribution is -2.14. The van der Waals surface area contributed by atoms with Gasteiger partial charge >= 0.3 is 5.97 Å². The van der Waals surface area contributed by atoms with Gasteiger partial charge in [0.25, 0.3) is 0 Å². The molecule has 1 aliphatic carbocycles. The van der Waals surface area contributed by atoms with E-state index in [1.165, 1.54) is 23.6 Å². The number of benzene rings is 1. The second-order valence-electron chi connectivity index (χ2n) is 6.76. The summed E-state index contributed by atoms with van der Waals surface area (Å²) in [6, 6.07) is 5.80. The number of rotatable bonds is 5. The zero-order valence-corrected chi connectivity index (χ0v) is 15.5. The van der Waals surface area contributed by atoms with Crippen LogP contribution in [-0.2, 0) is 29.4 Å². The Morgan fingerprint density at radius 1 is 1.19 bits per heavy atom. The normalized spacial score (nSPS) is 13.7. The summed E-state index contributed by atoms with van der Waals surface area (Å²) in [5.41, 5.74) is 5.90. The number of Topliss-reactive ketones (excluding diaryl/α,β-unsaturated/α-hetero) is 1. The van der Waals surface area contributed by atoms with Gasteiger partial charge in [-0.2, -0.15) is 5.10 Å². The second kappa shape index (κ2) is 7.68. The monoisotopic (exact) mass is 352 g/mol. The first-order valence-corrected chi connectivity index (χ1v) is 8.95. The molecular formula is C21H24N2O3. The van der Waals surface area contributed by atoms with Crippen LogP contribution in [0, 0.1) is 13.8 Å². The number of carbonyl (C=O) groups is 2. The number of aromatic nitrogens is 2. The van der Waals surface area contributed by atoms with Crippen molar-refractivity contribution < 1.29 is 14.3 Å². The summed E-state index contributed by atoms with van der Waals surface area (Å²) in [5.74, 6) is -0.701. The van der Waals surface area contributed by atoms with Crippen molar-refractivity contribution in [2.75, 3.05) is 6.61 Å². The van der Waals surface area contributed by atoms with Crippen molar-refractivity contribution in [2.24, 2.45) is 7.05 Å². The van der Waals surface area contributed by atoms with E-state index >= 15 is 0 Å². The average Bonchev–Trinajstić information content (AvgIpc) is 2.89. The molecule has 136 valence electrons. The number of aryl methyl sites for hydroxylation is 4. The largest absolute Gasteiger partial charge is 0.454 e. The van der Waals surface area contributed by atoms with Crippen LogP contribution < -0.4 is 0 Å². The van der Waals surface area contributed by atoms with Crippen molar-refractivity contribution in [1.82, 2.24) is 9.78 Å². The summed E-state index contributed by atoms with van der Waals surface area (Å²) in [5, 5.41) is 4.30. The van der Waals surface area contributed by atoms with Crippen LogP contribution in [0.3, 0.4) is 0 Å². The van der Waals surface area contributed by atoms with E-state index in [0.29, 0.717) is 5.56 Å². The maximum absolute atomic E-state index is 12.3. The molecule has 0 spiro atoms. The third-order valence-corrected chi connectivity index (χ3v) is 4.97. The Hall–Kier alpha value is -2.69. The number of hydrogen-bond acceptors (Lipinski definition) is 4. The number of esters is 1. The summed E-state index contributed by atoms with van der Waals surface area (Å²) in [7, 11) is 1.86. The highest BCUT2D eigenvalue weighted by molar-refractivity contribution is 5.99. The quantitative estimate of drug-likeness (QED) is 0.470.